The Balaban J connectivity index is 1.82. The molecule has 156 valence electrons. The third kappa shape index (κ3) is 4.71. The molecule has 0 saturated heterocycles. The molecule has 3 rings (SSSR count). The summed E-state index contributed by atoms with van der Waals surface area (Å²) in [5.74, 6) is -0.251. The molecule has 0 fully saturated rings. The predicted octanol–water partition coefficient (Wildman–Crippen LogP) is 4.90. The van der Waals surface area contributed by atoms with Crippen molar-refractivity contribution in [2.45, 2.75) is 38.6 Å². The van der Waals surface area contributed by atoms with Crippen molar-refractivity contribution in [3.8, 4) is 0 Å². The highest BCUT2D eigenvalue weighted by Gasteiger charge is 2.19. The summed E-state index contributed by atoms with van der Waals surface area (Å²) < 4.78 is 27.9. The SMILES string of the molecule is Cc1ccc(C(C)NC(=O)c2cccc(NS(=O)(=O)c3ccccc3)c2C)cc1C. The maximum absolute atomic E-state index is 12.9. The van der Waals surface area contributed by atoms with Crippen molar-refractivity contribution in [3.63, 3.8) is 0 Å². The van der Waals surface area contributed by atoms with E-state index in [1.807, 2.05) is 32.9 Å². The van der Waals surface area contributed by atoms with Crippen LogP contribution in [-0.4, -0.2) is 14.3 Å². The number of sulfonamides is 1. The first-order valence-electron chi connectivity index (χ1n) is 9.74. The summed E-state index contributed by atoms with van der Waals surface area (Å²) in [6.07, 6.45) is 0. The van der Waals surface area contributed by atoms with Gasteiger partial charge in [-0.1, -0.05) is 42.5 Å². The molecule has 0 saturated carbocycles. The minimum Gasteiger partial charge on any atom is -0.346 e. The van der Waals surface area contributed by atoms with Gasteiger partial charge in [0.1, 0.15) is 0 Å². The smallest absolute Gasteiger partial charge is 0.261 e. The van der Waals surface area contributed by atoms with Crippen LogP contribution >= 0.6 is 0 Å². The number of aryl methyl sites for hydroxylation is 2. The average Bonchev–Trinajstić information content (AvgIpc) is 2.72. The number of hydrogen-bond donors (Lipinski definition) is 2. The lowest BCUT2D eigenvalue weighted by molar-refractivity contribution is 0.0939. The predicted molar refractivity (Wildman–Crippen MR) is 120 cm³/mol. The van der Waals surface area contributed by atoms with E-state index < -0.39 is 10.0 Å². The van der Waals surface area contributed by atoms with Gasteiger partial charge < -0.3 is 5.32 Å². The Labute approximate surface area is 178 Å². The molecule has 1 amide bonds. The minimum atomic E-state index is -3.73. The summed E-state index contributed by atoms with van der Waals surface area (Å²) in [6.45, 7) is 7.76. The zero-order chi connectivity index (χ0) is 21.9. The number of anilines is 1. The largest absolute Gasteiger partial charge is 0.346 e. The first kappa shape index (κ1) is 21.6. The van der Waals surface area contributed by atoms with Crippen molar-refractivity contribution in [2.75, 3.05) is 4.72 Å². The van der Waals surface area contributed by atoms with E-state index in [0.717, 1.165) is 5.56 Å². The topological polar surface area (TPSA) is 75.3 Å². The van der Waals surface area contributed by atoms with Gasteiger partial charge in [0.15, 0.2) is 0 Å². The number of carbonyl (C=O) groups is 1. The van der Waals surface area contributed by atoms with Gasteiger partial charge in [0, 0.05) is 5.56 Å². The van der Waals surface area contributed by atoms with Gasteiger partial charge in [-0.25, -0.2) is 8.42 Å². The maximum Gasteiger partial charge on any atom is 0.261 e. The van der Waals surface area contributed by atoms with Gasteiger partial charge in [-0.3, -0.25) is 9.52 Å². The third-order valence-electron chi connectivity index (χ3n) is 5.25. The molecule has 0 aliphatic heterocycles. The maximum atomic E-state index is 12.9. The van der Waals surface area contributed by atoms with Crippen LogP contribution in [0.3, 0.4) is 0 Å². The molecule has 30 heavy (non-hydrogen) atoms. The van der Waals surface area contributed by atoms with E-state index >= 15 is 0 Å². The summed E-state index contributed by atoms with van der Waals surface area (Å²) >= 11 is 0. The van der Waals surface area contributed by atoms with Gasteiger partial charge in [-0.05, 0) is 74.2 Å². The summed E-state index contributed by atoms with van der Waals surface area (Å²) in [5.41, 5.74) is 4.77. The van der Waals surface area contributed by atoms with Crippen molar-refractivity contribution in [3.05, 3.63) is 94.5 Å². The number of benzene rings is 3. The highest BCUT2D eigenvalue weighted by molar-refractivity contribution is 7.92. The summed E-state index contributed by atoms with van der Waals surface area (Å²) in [4.78, 5) is 13.1. The van der Waals surface area contributed by atoms with Gasteiger partial charge >= 0.3 is 0 Å². The molecule has 5 nitrogen and oxygen atoms in total. The van der Waals surface area contributed by atoms with Crippen LogP contribution in [0.25, 0.3) is 0 Å². The van der Waals surface area contributed by atoms with Crippen LogP contribution in [0.15, 0.2) is 71.6 Å². The molecule has 0 bridgehead atoms. The Morgan fingerprint density at radius 2 is 1.57 bits per heavy atom. The molecular formula is C24H26N2O3S. The van der Waals surface area contributed by atoms with Crippen molar-refractivity contribution in [1.82, 2.24) is 5.32 Å². The van der Waals surface area contributed by atoms with Crippen LogP contribution in [0.4, 0.5) is 5.69 Å². The number of carbonyl (C=O) groups excluding carboxylic acids is 1. The van der Waals surface area contributed by atoms with Gasteiger partial charge in [0.05, 0.1) is 16.6 Å². The summed E-state index contributed by atoms with van der Waals surface area (Å²) in [5, 5.41) is 3.01. The van der Waals surface area contributed by atoms with Crippen molar-refractivity contribution in [2.24, 2.45) is 0 Å². The standard InChI is InChI=1S/C24H26N2O3S/c1-16-13-14-20(15-17(16)2)19(4)25-24(27)22-11-8-12-23(18(22)3)26-30(28,29)21-9-6-5-7-10-21/h5-15,19,26H,1-4H3,(H,25,27). The second-order valence-electron chi connectivity index (χ2n) is 7.44. The second-order valence-corrected chi connectivity index (χ2v) is 9.12. The zero-order valence-electron chi connectivity index (χ0n) is 17.6. The fraction of sp³-hybridized carbons (Fsp3) is 0.208. The number of amides is 1. The molecule has 1 atom stereocenters. The highest BCUT2D eigenvalue weighted by Crippen LogP contribution is 2.24. The highest BCUT2D eigenvalue weighted by atomic mass is 32.2. The van der Waals surface area contributed by atoms with Crippen LogP contribution in [0.5, 0.6) is 0 Å². The lowest BCUT2D eigenvalue weighted by Crippen LogP contribution is -2.27. The summed E-state index contributed by atoms with van der Waals surface area (Å²) in [7, 11) is -3.73. The van der Waals surface area contributed by atoms with E-state index in [0.29, 0.717) is 16.8 Å². The van der Waals surface area contributed by atoms with E-state index in [4.69, 9.17) is 0 Å². The molecule has 0 spiro atoms. The van der Waals surface area contributed by atoms with Crippen LogP contribution < -0.4 is 10.0 Å². The van der Waals surface area contributed by atoms with Gasteiger partial charge in [-0.15, -0.1) is 0 Å². The normalized spacial score (nSPS) is 12.3. The van der Waals surface area contributed by atoms with E-state index in [1.54, 1.807) is 43.3 Å². The van der Waals surface area contributed by atoms with Crippen LogP contribution in [0.2, 0.25) is 0 Å². The lowest BCUT2D eigenvalue weighted by atomic mass is 10.0. The van der Waals surface area contributed by atoms with Crippen LogP contribution in [0.1, 0.15) is 45.6 Å². The first-order chi connectivity index (χ1) is 14.2. The molecule has 3 aromatic rings. The van der Waals surface area contributed by atoms with Crippen LogP contribution in [0, 0.1) is 20.8 Å². The molecule has 2 N–H and O–H groups in total. The van der Waals surface area contributed by atoms with E-state index in [-0.39, 0.29) is 16.8 Å². The Kier molecular flexibility index (Phi) is 6.27. The molecule has 0 aliphatic carbocycles. The van der Waals surface area contributed by atoms with Crippen molar-refractivity contribution < 1.29 is 13.2 Å². The fourth-order valence-corrected chi connectivity index (χ4v) is 4.33. The zero-order valence-corrected chi connectivity index (χ0v) is 18.4. The number of nitrogens with one attached hydrogen (secondary N) is 2. The van der Waals surface area contributed by atoms with Gasteiger partial charge in [0.25, 0.3) is 15.9 Å². The minimum absolute atomic E-state index is 0.169. The summed E-state index contributed by atoms with van der Waals surface area (Å²) in [6, 6.07) is 19.1. The molecule has 6 heteroatoms. The van der Waals surface area contributed by atoms with Gasteiger partial charge in [0.2, 0.25) is 0 Å². The number of hydrogen-bond acceptors (Lipinski definition) is 3. The number of rotatable bonds is 6. The molecular weight excluding hydrogens is 396 g/mol. The first-order valence-corrected chi connectivity index (χ1v) is 11.2. The quantitative estimate of drug-likeness (QED) is 0.593. The Morgan fingerprint density at radius 3 is 2.23 bits per heavy atom. The Morgan fingerprint density at radius 1 is 0.867 bits per heavy atom. The third-order valence-corrected chi connectivity index (χ3v) is 6.64. The van der Waals surface area contributed by atoms with Crippen molar-refractivity contribution in [1.29, 1.82) is 0 Å². The molecule has 0 radical (unpaired) electrons. The molecule has 0 aliphatic rings. The Bertz CT molecular complexity index is 1170. The van der Waals surface area contributed by atoms with E-state index in [2.05, 4.69) is 16.1 Å². The van der Waals surface area contributed by atoms with Crippen LogP contribution in [-0.2, 0) is 10.0 Å². The van der Waals surface area contributed by atoms with E-state index in [1.165, 1.54) is 23.3 Å². The molecule has 0 heterocycles. The molecule has 1 unspecified atom stereocenters. The lowest BCUT2D eigenvalue weighted by Gasteiger charge is -2.18. The second kappa shape index (κ2) is 8.71. The molecule has 0 aromatic heterocycles. The fourth-order valence-electron chi connectivity index (χ4n) is 3.19. The molecule has 3 aromatic carbocycles. The average molecular weight is 423 g/mol. The van der Waals surface area contributed by atoms with E-state index in [9.17, 15) is 13.2 Å². The van der Waals surface area contributed by atoms with Gasteiger partial charge in [-0.2, -0.15) is 0 Å². The van der Waals surface area contributed by atoms with Crippen molar-refractivity contribution >= 4 is 21.6 Å². The monoisotopic (exact) mass is 422 g/mol. The Hall–Kier alpha value is -3.12.